The third kappa shape index (κ3) is 7.10. The number of benzene rings is 2. The van der Waals surface area contributed by atoms with Crippen LogP contribution in [0.5, 0.6) is 0 Å². The van der Waals surface area contributed by atoms with Crippen molar-refractivity contribution in [1.29, 1.82) is 0 Å². The number of thiazole rings is 1. The molecular weight excluding hydrogens is 518 g/mol. The van der Waals surface area contributed by atoms with Crippen molar-refractivity contribution >= 4 is 42.6 Å². The van der Waals surface area contributed by atoms with Crippen LogP contribution < -0.4 is 4.90 Å². The Labute approximate surface area is 221 Å². The third-order valence-corrected chi connectivity index (χ3v) is 8.85. The summed E-state index contributed by atoms with van der Waals surface area (Å²) in [6, 6.07) is 7.83. The van der Waals surface area contributed by atoms with Crippen molar-refractivity contribution in [2.75, 3.05) is 45.2 Å². The van der Waals surface area contributed by atoms with E-state index in [1.165, 1.54) is 39.5 Å². The number of rotatable bonds is 13. The fourth-order valence-electron chi connectivity index (χ4n) is 3.74. The van der Waals surface area contributed by atoms with Gasteiger partial charge in [-0.3, -0.25) is 9.69 Å². The number of unbranched alkanes of at least 4 members (excludes halogenated alkanes) is 2. The number of sulfonamides is 1. The zero-order valence-corrected chi connectivity index (χ0v) is 23.3. The normalized spacial score (nSPS) is 12.1. The van der Waals surface area contributed by atoms with Gasteiger partial charge in [-0.2, -0.15) is 4.31 Å². The molecule has 0 atom stereocenters. The number of hydrogen-bond acceptors (Lipinski definition) is 6. The molecular formula is C26H34F2N4O3S2. The number of carbonyl (C=O) groups excluding carboxylic acids is 1. The number of carbonyl (C=O) groups is 1. The Balaban J connectivity index is 1.91. The molecule has 0 fully saturated rings. The Bertz CT molecular complexity index is 1300. The quantitative estimate of drug-likeness (QED) is 0.285. The second kappa shape index (κ2) is 12.9. The third-order valence-electron chi connectivity index (χ3n) is 5.91. The second-order valence-electron chi connectivity index (χ2n) is 9.13. The molecule has 0 radical (unpaired) electrons. The molecule has 0 saturated heterocycles. The Morgan fingerprint density at radius 2 is 1.57 bits per heavy atom. The van der Waals surface area contributed by atoms with E-state index in [-0.39, 0.29) is 27.7 Å². The van der Waals surface area contributed by atoms with E-state index in [1.54, 1.807) is 0 Å². The van der Waals surface area contributed by atoms with Crippen molar-refractivity contribution in [3.8, 4) is 0 Å². The first-order valence-electron chi connectivity index (χ1n) is 12.4. The van der Waals surface area contributed by atoms with Gasteiger partial charge in [-0.15, -0.1) is 0 Å². The highest BCUT2D eigenvalue weighted by Gasteiger charge is 2.26. The van der Waals surface area contributed by atoms with Crippen LogP contribution in [0.2, 0.25) is 0 Å². The Morgan fingerprint density at radius 1 is 0.946 bits per heavy atom. The number of halogens is 2. The molecule has 2 aromatic carbocycles. The van der Waals surface area contributed by atoms with Gasteiger partial charge >= 0.3 is 0 Å². The molecule has 3 aromatic rings. The summed E-state index contributed by atoms with van der Waals surface area (Å²) in [5.41, 5.74) is 0.280. The van der Waals surface area contributed by atoms with Crippen LogP contribution in [0.1, 0.15) is 49.9 Å². The van der Waals surface area contributed by atoms with Crippen LogP contribution in [0.25, 0.3) is 10.2 Å². The molecule has 1 aromatic heterocycles. The van der Waals surface area contributed by atoms with Crippen molar-refractivity contribution in [1.82, 2.24) is 14.2 Å². The van der Waals surface area contributed by atoms with Crippen molar-refractivity contribution in [3.05, 3.63) is 53.6 Å². The minimum atomic E-state index is -3.69. The van der Waals surface area contributed by atoms with Crippen LogP contribution in [-0.4, -0.2) is 68.8 Å². The molecule has 0 aliphatic heterocycles. The first-order valence-corrected chi connectivity index (χ1v) is 14.7. The van der Waals surface area contributed by atoms with Gasteiger partial charge in [0.05, 0.1) is 9.60 Å². The van der Waals surface area contributed by atoms with Crippen LogP contribution in [0, 0.1) is 11.6 Å². The first-order chi connectivity index (χ1) is 17.6. The Morgan fingerprint density at radius 3 is 2.14 bits per heavy atom. The number of anilines is 1. The number of fused-ring (bicyclic) bond motifs is 1. The van der Waals surface area contributed by atoms with Gasteiger partial charge in [0.15, 0.2) is 10.9 Å². The molecule has 7 nitrogen and oxygen atoms in total. The summed E-state index contributed by atoms with van der Waals surface area (Å²) in [4.78, 5) is 21.2. The monoisotopic (exact) mass is 552 g/mol. The zero-order chi connectivity index (χ0) is 27.2. The van der Waals surface area contributed by atoms with E-state index in [4.69, 9.17) is 0 Å². The number of amides is 1. The lowest BCUT2D eigenvalue weighted by Crippen LogP contribution is -2.37. The molecule has 37 heavy (non-hydrogen) atoms. The molecule has 0 bridgehead atoms. The molecule has 0 aliphatic rings. The summed E-state index contributed by atoms with van der Waals surface area (Å²) >= 11 is 1.03. The van der Waals surface area contributed by atoms with Gasteiger partial charge in [0.1, 0.15) is 11.3 Å². The highest BCUT2D eigenvalue weighted by molar-refractivity contribution is 7.89. The van der Waals surface area contributed by atoms with Crippen LogP contribution in [0.3, 0.4) is 0 Å². The van der Waals surface area contributed by atoms with Gasteiger partial charge in [0, 0.05) is 37.8 Å². The Hall–Kier alpha value is -2.47. The van der Waals surface area contributed by atoms with Gasteiger partial charge in [0.25, 0.3) is 5.91 Å². The maximum absolute atomic E-state index is 14.3. The highest BCUT2D eigenvalue weighted by atomic mass is 32.2. The maximum atomic E-state index is 14.3. The van der Waals surface area contributed by atoms with Gasteiger partial charge in [0.2, 0.25) is 10.0 Å². The fourth-order valence-corrected chi connectivity index (χ4v) is 6.29. The van der Waals surface area contributed by atoms with Crippen molar-refractivity contribution in [3.63, 3.8) is 0 Å². The lowest BCUT2D eigenvalue weighted by atomic mass is 10.2. The summed E-state index contributed by atoms with van der Waals surface area (Å²) in [5, 5.41) is 0.244. The van der Waals surface area contributed by atoms with Crippen LogP contribution in [0.4, 0.5) is 13.9 Å². The van der Waals surface area contributed by atoms with E-state index in [2.05, 4.69) is 4.98 Å². The van der Waals surface area contributed by atoms with Gasteiger partial charge in [-0.25, -0.2) is 22.2 Å². The molecule has 1 heterocycles. The average Bonchev–Trinajstić information content (AvgIpc) is 3.28. The summed E-state index contributed by atoms with van der Waals surface area (Å²) < 4.78 is 56.3. The first kappa shape index (κ1) is 29.1. The number of aromatic nitrogens is 1. The standard InChI is InChI=1S/C26H34F2N4O3S2/c1-5-7-13-31(14-8-6-2)37(34,35)21-11-9-19(10-12-21)25(33)32(16-15-30(3)4)26-29-24-22(28)17-20(27)18-23(24)36-26/h9-12,17-18H,5-8,13-16H2,1-4H3. The van der Waals surface area contributed by atoms with E-state index >= 15 is 0 Å². The van der Waals surface area contributed by atoms with Crippen molar-refractivity contribution in [2.24, 2.45) is 0 Å². The number of nitrogens with zero attached hydrogens (tertiary/aromatic N) is 4. The molecule has 11 heteroatoms. The molecule has 1 amide bonds. The highest BCUT2D eigenvalue weighted by Crippen LogP contribution is 2.32. The average molecular weight is 553 g/mol. The van der Waals surface area contributed by atoms with Crippen LogP contribution >= 0.6 is 11.3 Å². The number of likely N-dealkylation sites (N-methyl/N-ethyl adjacent to an activating group) is 1. The lowest BCUT2D eigenvalue weighted by Gasteiger charge is -2.23. The van der Waals surface area contributed by atoms with Crippen LogP contribution in [0.15, 0.2) is 41.3 Å². The minimum absolute atomic E-state index is 0.00439. The SMILES string of the molecule is CCCCN(CCCC)S(=O)(=O)c1ccc(C(=O)N(CCN(C)C)c2nc3c(F)cc(F)cc3s2)cc1. The summed E-state index contributed by atoms with van der Waals surface area (Å²) in [7, 11) is 0.0255. The minimum Gasteiger partial charge on any atom is -0.308 e. The topological polar surface area (TPSA) is 73.8 Å². The second-order valence-corrected chi connectivity index (χ2v) is 12.1. The van der Waals surface area contributed by atoms with E-state index < -0.39 is 27.6 Å². The predicted molar refractivity (Wildman–Crippen MR) is 145 cm³/mol. The van der Waals surface area contributed by atoms with E-state index in [1.807, 2.05) is 32.8 Å². The van der Waals surface area contributed by atoms with Gasteiger partial charge in [-0.05, 0) is 57.3 Å². The summed E-state index contributed by atoms with van der Waals surface area (Å²) in [6.45, 7) is 5.71. The molecule has 0 spiro atoms. The van der Waals surface area contributed by atoms with Crippen molar-refractivity contribution < 1.29 is 22.0 Å². The molecule has 3 rings (SSSR count). The van der Waals surface area contributed by atoms with E-state index in [9.17, 15) is 22.0 Å². The largest absolute Gasteiger partial charge is 0.308 e. The molecule has 0 saturated carbocycles. The van der Waals surface area contributed by atoms with Crippen molar-refractivity contribution in [2.45, 2.75) is 44.4 Å². The fraction of sp³-hybridized carbons (Fsp3) is 0.462. The smallest absolute Gasteiger partial charge is 0.260 e. The van der Waals surface area contributed by atoms with E-state index in [0.717, 1.165) is 43.1 Å². The van der Waals surface area contributed by atoms with Gasteiger partial charge < -0.3 is 4.90 Å². The predicted octanol–water partition coefficient (Wildman–Crippen LogP) is 5.37. The van der Waals surface area contributed by atoms with E-state index in [0.29, 0.717) is 24.3 Å². The van der Waals surface area contributed by atoms with Gasteiger partial charge in [-0.1, -0.05) is 38.0 Å². The maximum Gasteiger partial charge on any atom is 0.260 e. The summed E-state index contributed by atoms with van der Waals surface area (Å²) in [5.74, 6) is -1.91. The van der Waals surface area contributed by atoms with Crippen LogP contribution in [-0.2, 0) is 10.0 Å². The zero-order valence-electron chi connectivity index (χ0n) is 21.7. The summed E-state index contributed by atoms with van der Waals surface area (Å²) in [6.07, 6.45) is 3.31. The lowest BCUT2D eigenvalue weighted by molar-refractivity contribution is 0.0985. The molecule has 0 aliphatic carbocycles. The molecule has 202 valence electrons. The Kier molecular flexibility index (Phi) is 10.1. The molecule has 0 unspecified atom stereocenters. The molecule has 0 N–H and O–H groups in total. The number of hydrogen-bond donors (Lipinski definition) is 0.